The van der Waals surface area contributed by atoms with Crippen molar-refractivity contribution in [2.45, 2.75) is 6.42 Å². The molecule has 7 heteroatoms. The number of carbonyl (C=O) groups is 2. The van der Waals surface area contributed by atoms with E-state index in [9.17, 15) is 14.7 Å². The molecule has 2 aromatic rings. The number of carbonyl (C=O) groups excluding carboxylic acids is 1. The summed E-state index contributed by atoms with van der Waals surface area (Å²) in [6.45, 7) is 0. The van der Waals surface area contributed by atoms with Gasteiger partial charge in [0.1, 0.15) is 12.2 Å². The quantitative estimate of drug-likeness (QED) is 0.844. The lowest BCUT2D eigenvalue weighted by Gasteiger charge is -2.12. The van der Waals surface area contributed by atoms with Gasteiger partial charge in [-0.15, -0.1) is 0 Å². The third-order valence-corrected chi connectivity index (χ3v) is 3.03. The third-order valence-electron chi connectivity index (χ3n) is 3.03. The van der Waals surface area contributed by atoms with Crippen molar-refractivity contribution in [2.24, 2.45) is 0 Å². The Morgan fingerprint density at radius 2 is 1.92 bits per heavy atom. The van der Waals surface area contributed by atoms with Crippen molar-refractivity contribution in [3.63, 3.8) is 0 Å². The Morgan fingerprint density at radius 1 is 1.21 bits per heavy atom. The normalized spacial score (nSPS) is 9.67. The first kappa shape index (κ1) is 16.8. The molecule has 1 amide bonds. The fourth-order valence-corrected chi connectivity index (χ4v) is 1.97. The minimum Gasteiger partial charge on any atom is -0.493 e. The van der Waals surface area contributed by atoms with Crippen LogP contribution in [-0.4, -0.2) is 24.1 Å². The van der Waals surface area contributed by atoms with Gasteiger partial charge in [-0.1, -0.05) is 12.1 Å². The van der Waals surface area contributed by atoms with Crippen LogP contribution in [0.5, 0.6) is 17.2 Å². The molecule has 0 aromatic heterocycles. The van der Waals surface area contributed by atoms with Crippen LogP contribution in [0.4, 0.5) is 5.69 Å². The molecule has 0 unspecified atom stereocenters. The Labute approximate surface area is 138 Å². The molecule has 0 aliphatic heterocycles. The first-order valence-corrected chi connectivity index (χ1v) is 6.90. The van der Waals surface area contributed by atoms with E-state index in [1.165, 1.54) is 25.3 Å². The molecule has 24 heavy (non-hydrogen) atoms. The highest BCUT2D eigenvalue weighted by Gasteiger charge is 2.15. The molecule has 0 saturated carbocycles. The summed E-state index contributed by atoms with van der Waals surface area (Å²) in [5.74, 6) is -0.611. The van der Waals surface area contributed by atoms with E-state index in [0.29, 0.717) is 11.5 Å². The first-order chi connectivity index (χ1) is 11.5. The number of amides is 1. The van der Waals surface area contributed by atoms with Gasteiger partial charge in [-0.25, -0.2) is 4.79 Å². The molecule has 0 spiro atoms. The number of hydrogen-bond acceptors (Lipinski definition) is 5. The van der Waals surface area contributed by atoms with Crippen molar-refractivity contribution < 1.29 is 24.2 Å². The van der Waals surface area contributed by atoms with Crippen molar-refractivity contribution in [1.82, 2.24) is 0 Å². The third kappa shape index (κ3) is 4.01. The van der Waals surface area contributed by atoms with Crippen LogP contribution < -0.4 is 14.8 Å². The zero-order chi connectivity index (χ0) is 17.5. The zero-order valence-electron chi connectivity index (χ0n) is 12.8. The summed E-state index contributed by atoms with van der Waals surface area (Å²) >= 11 is 0. The number of methoxy groups -OCH3 is 1. The predicted octanol–water partition coefficient (Wildman–Crippen LogP) is 3.04. The largest absolute Gasteiger partial charge is 0.493 e. The maximum Gasteiger partial charge on any atom is 0.337 e. The Hall–Kier alpha value is -3.53. The summed E-state index contributed by atoms with van der Waals surface area (Å²) in [4.78, 5) is 22.9. The molecule has 0 bridgehead atoms. The number of carboxylic acid groups (broad SMARTS) is 1. The van der Waals surface area contributed by atoms with E-state index < -0.39 is 11.9 Å². The molecule has 0 atom stereocenters. The summed E-state index contributed by atoms with van der Waals surface area (Å²) < 4.78 is 10.8. The monoisotopic (exact) mass is 326 g/mol. The number of ether oxygens (including phenoxy) is 2. The molecular formula is C17H14N2O5. The number of aromatic carboxylic acids is 1. The lowest BCUT2D eigenvalue weighted by Crippen LogP contribution is -2.13. The molecule has 7 nitrogen and oxygen atoms in total. The van der Waals surface area contributed by atoms with Crippen LogP contribution >= 0.6 is 0 Å². The molecule has 0 aliphatic carbocycles. The maximum absolute atomic E-state index is 11.5. The topological polar surface area (TPSA) is 109 Å². The molecule has 0 aliphatic rings. The lowest BCUT2D eigenvalue weighted by molar-refractivity contribution is -0.115. The van der Waals surface area contributed by atoms with Crippen LogP contribution in [0.25, 0.3) is 0 Å². The smallest absolute Gasteiger partial charge is 0.337 e. The van der Waals surface area contributed by atoms with Gasteiger partial charge in [0.15, 0.2) is 11.5 Å². The Kier molecular flexibility index (Phi) is 5.36. The molecule has 2 N–H and O–H groups in total. The highest BCUT2D eigenvalue weighted by atomic mass is 16.5. The number of nitrogens with one attached hydrogen (secondary N) is 1. The van der Waals surface area contributed by atoms with Gasteiger partial charge in [-0.2, -0.15) is 5.26 Å². The first-order valence-electron chi connectivity index (χ1n) is 6.90. The van der Waals surface area contributed by atoms with E-state index in [1.54, 1.807) is 30.3 Å². The second-order valence-electron chi connectivity index (χ2n) is 4.65. The summed E-state index contributed by atoms with van der Waals surface area (Å²) in [6.07, 6.45) is -0.363. The molecular weight excluding hydrogens is 312 g/mol. The van der Waals surface area contributed by atoms with Crippen molar-refractivity contribution in [2.75, 3.05) is 12.4 Å². The molecule has 0 radical (unpaired) electrons. The highest BCUT2D eigenvalue weighted by molar-refractivity contribution is 6.01. The number of para-hydroxylation sites is 2. The Bertz CT molecular complexity index is 811. The van der Waals surface area contributed by atoms with Crippen LogP contribution in [0, 0.1) is 11.3 Å². The summed E-state index contributed by atoms with van der Waals surface area (Å²) in [6, 6.07) is 12.8. The summed E-state index contributed by atoms with van der Waals surface area (Å²) in [7, 11) is 1.50. The summed E-state index contributed by atoms with van der Waals surface area (Å²) in [5, 5.41) is 20.2. The van der Waals surface area contributed by atoms with Crippen LogP contribution in [0.3, 0.4) is 0 Å². The standard InChI is InChI=1S/C17H14N2O5/c1-23-14-4-2-3-5-15(14)24-11-6-7-13(12(10-11)17(21)22)19-16(20)8-9-18/h2-7,10H,8H2,1H3,(H,19,20)(H,21,22). The predicted molar refractivity (Wildman–Crippen MR) is 85.3 cm³/mol. The zero-order valence-corrected chi connectivity index (χ0v) is 12.8. The van der Waals surface area contributed by atoms with Crippen molar-refractivity contribution in [3.05, 3.63) is 48.0 Å². The molecule has 122 valence electrons. The number of anilines is 1. The second-order valence-corrected chi connectivity index (χ2v) is 4.65. The molecule has 0 heterocycles. The molecule has 2 rings (SSSR count). The van der Waals surface area contributed by atoms with E-state index in [1.807, 2.05) is 0 Å². The van der Waals surface area contributed by atoms with Gasteiger partial charge in [-0.3, -0.25) is 4.79 Å². The van der Waals surface area contributed by atoms with E-state index in [2.05, 4.69) is 5.32 Å². The van der Waals surface area contributed by atoms with E-state index in [0.717, 1.165) is 0 Å². The fraction of sp³-hybridized carbons (Fsp3) is 0.118. The number of rotatable bonds is 6. The minimum atomic E-state index is -1.23. The van der Waals surface area contributed by atoms with E-state index in [4.69, 9.17) is 14.7 Å². The Morgan fingerprint density at radius 3 is 2.54 bits per heavy atom. The molecule has 0 saturated heterocycles. The fourth-order valence-electron chi connectivity index (χ4n) is 1.97. The number of carboxylic acids is 1. The maximum atomic E-state index is 11.5. The van der Waals surface area contributed by atoms with Crippen molar-refractivity contribution >= 4 is 17.6 Å². The average Bonchev–Trinajstić information content (AvgIpc) is 2.56. The van der Waals surface area contributed by atoms with E-state index >= 15 is 0 Å². The van der Waals surface area contributed by atoms with Crippen LogP contribution in [0.2, 0.25) is 0 Å². The lowest BCUT2D eigenvalue weighted by atomic mass is 10.1. The SMILES string of the molecule is COc1ccccc1Oc1ccc(NC(=O)CC#N)c(C(=O)O)c1. The van der Waals surface area contributed by atoms with Crippen molar-refractivity contribution in [3.8, 4) is 23.3 Å². The number of nitriles is 1. The van der Waals surface area contributed by atoms with Gasteiger partial charge < -0.3 is 19.9 Å². The van der Waals surface area contributed by atoms with Crippen LogP contribution in [0.15, 0.2) is 42.5 Å². The number of nitrogens with zero attached hydrogens (tertiary/aromatic N) is 1. The van der Waals surface area contributed by atoms with Gasteiger partial charge in [0.05, 0.1) is 24.4 Å². The van der Waals surface area contributed by atoms with Gasteiger partial charge >= 0.3 is 5.97 Å². The minimum absolute atomic E-state index is 0.0927. The highest BCUT2D eigenvalue weighted by Crippen LogP contribution is 2.32. The van der Waals surface area contributed by atoms with Gasteiger partial charge in [-0.05, 0) is 30.3 Å². The molecule has 2 aromatic carbocycles. The van der Waals surface area contributed by atoms with Gasteiger partial charge in [0.2, 0.25) is 5.91 Å². The number of benzene rings is 2. The average molecular weight is 326 g/mol. The summed E-state index contributed by atoms with van der Waals surface area (Å²) in [5.41, 5.74) is -0.0520. The second kappa shape index (κ2) is 7.65. The van der Waals surface area contributed by atoms with Gasteiger partial charge in [0, 0.05) is 0 Å². The van der Waals surface area contributed by atoms with Crippen molar-refractivity contribution in [1.29, 1.82) is 5.26 Å². The van der Waals surface area contributed by atoms with E-state index in [-0.39, 0.29) is 23.4 Å². The Balaban J connectivity index is 2.30. The number of hydrogen-bond donors (Lipinski definition) is 2. The van der Waals surface area contributed by atoms with Gasteiger partial charge in [0.25, 0.3) is 0 Å². The molecule has 0 fully saturated rings. The van der Waals surface area contributed by atoms with Crippen LogP contribution in [-0.2, 0) is 4.79 Å². The van der Waals surface area contributed by atoms with Crippen LogP contribution in [0.1, 0.15) is 16.8 Å².